The van der Waals surface area contributed by atoms with Crippen molar-refractivity contribution in [3.8, 4) is 11.5 Å². The molecule has 1 heterocycles. The summed E-state index contributed by atoms with van der Waals surface area (Å²) in [6, 6.07) is 16.9. The smallest absolute Gasteiger partial charge is 0.349 e. The van der Waals surface area contributed by atoms with Crippen molar-refractivity contribution >= 4 is 28.7 Å². The molecule has 1 amide bonds. The van der Waals surface area contributed by atoms with Crippen LogP contribution in [0.5, 0.6) is 11.5 Å². The fourth-order valence-corrected chi connectivity index (χ4v) is 3.17. The van der Waals surface area contributed by atoms with Crippen LogP contribution in [-0.4, -0.2) is 35.5 Å². The Labute approximate surface area is 192 Å². The van der Waals surface area contributed by atoms with Crippen LogP contribution in [0.4, 0.5) is 10.1 Å². The summed E-state index contributed by atoms with van der Waals surface area (Å²) in [5.41, 5.74) is 0.0375. The summed E-state index contributed by atoms with van der Waals surface area (Å²) < 4.78 is 24.8. The van der Waals surface area contributed by atoms with Gasteiger partial charge in [0.05, 0.1) is 24.2 Å². The second-order valence-electron chi connectivity index (χ2n) is 7.09. The average Bonchev–Trinajstić information content (AvgIpc) is 2.83. The Balaban J connectivity index is 1.49. The van der Waals surface area contributed by atoms with Crippen LogP contribution in [0, 0.1) is 5.82 Å². The number of aromatic nitrogens is 2. The van der Waals surface area contributed by atoms with Gasteiger partial charge in [-0.1, -0.05) is 18.2 Å². The standard InChI is InChI=1S/C24H19FN4O5/c1-33-21-11-15(13-26-29-23(31)18-7-2-3-8-19(18)28-24(29)32)9-10-20(21)34-14-22(30)27-17-6-4-5-16(25)12-17/h2-13H,14H2,1H3,(H,27,30)(H,28,32). The van der Waals surface area contributed by atoms with E-state index in [0.717, 1.165) is 4.68 Å². The minimum Gasteiger partial charge on any atom is -0.493 e. The fourth-order valence-electron chi connectivity index (χ4n) is 3.17. The third kappa shape index (κ3) is 5.01. The molecule has 0 unspecified atom stereocenters. The van der Waals surface area contributed by atoms with Crippen LogP contribution in [0.1, 0.15) is 5.56 Å². The SMILES string of the molecule is COc1cc(C=Nn2c(=O)[nH]c3ccccc3c2=O)ccc1OCC(=O)Nc1cccc(F)c1. The van der Waals surface area contributed by atoms with Crippen LogP contribution >= 0.6 is 0 Å². The predicted molar refractivity (Wildman–Crippen MR) is 125 cm³/mol. The van der Waals surface area contributed by atoms with Crippen molar-refractivity contribution in [2.24, 2.45) is 5.10 Å². The first-order valence-corrected chi connectivity index (χ1v) is 10.1. The van der Waals surface area contributed by atoms with Crippen molar-refractivity contribution in [1.82, 2.24) is 9.66 Å². The molecule has 0 atom stereocenters. The van der Waals surface area contributed by atoms with Crippen molar-refractivity contribution in [3.63, 3.8) is 0 Å². The molecule has 1 aromatic heterocycles. The van der Waals surface area contributed by atoms with E-state index in [4.69, 9.17) is 9.47 Å². The van der Waals surface area contributed by atoms with Gasteiger partial charge in [0.15, 0.2) is 18.1 Å². The average molecular weight is 462 g/mol. The highest BCUT2D eigenvalue weighted by molar-refractivity contribution is 5.92. The van der Waals surface area contributed by atoms with Gasteiger partial charge in [0.1, 0.15) is 5.82 Å². The van der Waals surface area contributed by atoms with Crippen molar-refractivity contribution in [2.75, 3.05) is 19.0 Å². The van der Waals surface area contributed by atoms with Crippen LogP contribution in [0.15, 0.2) is 81.4 Å². The lowest BCUT2D eigenvalue weighted by Gasteiger charge is -2.11. The molecule has 0 radical (unpaired) electrons. The van der Waals surface area contributed by atoms with Gasteiger partial charge in [-0.15, -0.1) is 4.68 Å². The van der Waals surface area contributed by atoms with E-state index in [9.17, 15) is 18.8 Å². The molecule has 0 saturated carbocycles. The van der Waals surface area contributed by atoms with E-state index >= 15 is 0 Å². The van der Waals surface area contributed by atoms with E-state index in [1.54, 1.807) is 48.5 Å². The molecule has 0 aliphatic carbocycles. The predicted octanol–water partition coefficient (Wildman–Crippen LogP) is 2.74. The van der Waals surface area contributed by atoms with Gasteiger partial charge in [-0.3, -0.25) is 9.59 Å². The van der Waals surface area contributed by atoms with E-state index in [1.165, 1.54) is 31.5 Å². The Morgan fingerprint density at radius 1 is 1.09 bits per heavy atom. The molecule has 34 heavy (non-hydrogen) atoms. The molecule has 0 aliphatic heterocycles. The Bertz CT molecular complexity index is 1510. The zero-order valence-electron chi connectivity index (χ0n) is 17.9. The Kier molecular flexibility index (Phi) is 6.49. The molecule has 2 N–H and O–H groups in total. The Morgan fingerprint density at radius 2 is 1.91 bits per heavy atom. The maximum atomic E-state index is 13.2. The number of hydrogen-bond acceptors (Lipinski definition) is 6. The van der Waals surface area contributed by atoms with Gasteiger partial charge in [0, 0.05) is 5.69 Å². The van der Waals surface area contributed by atoms with Gasteiger partial charge in [0.2, 0.25) is 0 Å². The van der Waals surface area contributed by atoms with Gasteiger partial charge in [-0.2, -0.15) is 5.10 Å². The minimum absolute atomic E-state index is 0.287. The van der Waals surface area contributed by atoms with E-state index in [-0.39, 0.29) is 12.4 Å². The number of fused-ring (bicyclic) bond motifs is 1. The van der Waals surface area contributed by atoms with Gasteiger partial charge in [-0.05, 0) is 54.1 Å². The number of amides is 1. The second kappa shape index (κ2) is 9.82. The lowest BCUT2D eigenvalue weighted by atomic mass is 10.2. The number of halogens is 1. The molecule has 0 spiro atoms. The molecule has 172 valence electrons. The largest absolute Gasteiger partial charge is 0.493 e. The highest BCUT2D eigenvalue weighted by Gasteiger charge is 2.10. The number of ether oxygens (including phenoxy) is 2. The number of nitrogens with zero attached hydrogens (tertiary/aromatic N) is 2. The van der Waals surface area contributed by atoms with Gasteiger partial charge in [-0.25, -0.2) is 9.18 Å². The number of para-hydroxylation sites is 1. The topological polar surface area (TPSA) is 115 Å². The summed E-state index contributed by atoms with van der Waals surface area (Å²) in [6.45, 7) is -0.331. The van der Waals surface area contributed by atoms with Gasteiger partial charge < -0.3 is 19.8 Å². The van der Waals surface area contributed by atoms with Crippen molar-refractivity contribution in [1.29, 1.82) is 0 Å². The van der Waals surface area contributed by atoms with Crippen molar-refractivity contribution in [2.45, 2.75) is 0 Å². The summed E-state index contributed by atoms with van der Waals surface area (Å²) in [5, 5.41) is 6.87. The molecular weight excluding hydrogens is 443 g/mol. The number of H-pyrrole nitrogens is 1. The number of rotatable bonds is 7. The Morgan fingerprint density at radius 3 is 2.71 bits per heavy atom. The lowest BCUT2D eigenvalue weighted by Crippen LogP contribution is -2.32. The van der Waals surface area contributed by atoms with Crippen molar-refractivity contribution < 1.29 is 18.7 Å². The molecule has 0 fully saturated rings. The number of benzene rings is 3. The number of nitrogens with one attached hydrogen (secondary N) is 2. The monoisotopic (exact) mass is 462 g/mol. The number of carbonyl (C=O) groups excluding carboxylic acids is 1. The molecule has 0 saturated heterocycles. The fraction of sp³-hybridized carbons (Fsp3) is 0.0833. The number of anilines is 1. The highest BCUT2D eigenvalue weighted by Crippen LogP contribution is 2.27. The summed E-state index contributed by atoms with van der Waals surface area (Å²) in [6.07, 6.45) is 1.33. The molecule has 10 heteroatoms. The summed E-state index contributed by atoms with van der Waals surface area (Å²) in [4.78, 5) is 39.5. The quantitative estimate of drug-likeness (QED) is 0.410. The molecule has 3 aromatic carbocycles. The first-order chi connectivity index (χ1) is 16.4. The van der Waals surface area contributed by atoms with E-state index in [2.05, 4.69) is 15.4 Å². The van der Waals surface area contributed by atoms with Crippen LogP contribution in [0.25, 0.3) is 10.9 Å². The van der Waals surface area contributed by atoms with E-state index in [1.807, 2.05) is 0 Å². The van der Waals surface area contributed by atoms with E-state index in [0.29, 0.717) is 27.9 Å². The van der Waals surface area contributed by atoms with Crippen LogP contribution in [0.3, 0.4) is 0 Å². The van der Waals surface area contributed by atoms with Crippen molar-refractivity contribution in [3.05, 3.63) is 98.9 Å². The van der Waals surface area contributed by atoms with Gasteiger partial charge >= 0.3 is 5.69 Å². The molecule has 4 rings (SSSR count). The first-order valence-electron chi connectivity index (χ1n) is 10.1. The molecule has 9 nitrogen and oxygen atoms in total. The zero-order valence-corrected chi connectivity index (χ0v) is 17.9. The molecular formula is C24H19FN4O5. The van der Waals surface area contributed by atoms with Crippen LogP contribution in [-0.2, 0) is 4.79 Å². The minimum atomic E-state index is -0.670. The normalized spacial score (nSPS) is 11.0. The summed E-state index contributed by atoms with van der Waals surface area (Å²) >= 11 is 0. The zero-order chi connectivity index (χ0) is 24.1. The number of hydrogen-bond donors (Lipinski definition) is 2. The maximum Gasteiger partial charge on any atom is 0.349 e. The first kappa shape index (κ1) is 22.5. The molecule has 4 aromatic rings. The van der Waals surface area contributed by atoms with Gasteiger partial charge in [0.25, 0.3) is 11.5 Å². The number of aromatic amines is 1. The summed E-state index contributed by atoms with van der Waals surface area (Å²) in [7, 11) is 1.43. The highest BCUT2D eigenvalue weighted by atomic mass is 19.1. The third-order valence-corrected chi connectivity index (χ3v) is 4.76. The van der Waals surface area contributed by atoms with E-state index < -0.39 is 23.0 Å². The lowest BCUT2D eigenvalue weighted by molar-refractivity contribution is -0.118. The third-order valence-electron chi connectivity index (χ3n) is 4.76. The number of carbonyl (C=O) groups is 1. The number of methoxy groups -OCH3 is 1. The molecule has 0 bridgehead atoms. The second-order valence-corrected chi connectivity index (χ2v) is 7.09. The van der Waals surface area contributed by atoms with Crippen LogP contribution < -0.4 is 26.0 Å². The maximum absolute atomic E-state index is 13.2. The molecule has 0 aliphatic rings. The van der Waals surface area contributed by atoms with Crippen LogP contribution in [0.2, 0.25) is 0 Å². The Hall–Kier alpha value is -4.73. The summed E-state index contributed by atoms with van der Waals surface area (Å²) in [5.74, 6) is -0.351.